The number of amides is 4. The fourth-order valence-corrected chi connectivity index (χ4v) is 9.86. The van der Waals surface area contributed by atoms with Crippen LogP contribution in [0.4, 0.5) is 4.79 Å². The molecule has 4 N–H and O–H groups in total. The van der Waals surface area contributed by atoms with Gasteiger partial charge in [0.15, 0.2) is 0 Å². The van der Waals surface area contributed by atoms with Gasteiger partial charge in [0, 0.05) is 91.8 Å². The molecule has 1 aromatic carbocycles. The Labute approximate surface area is 362 Å². The average molecular weight is 856 g/mol. The van der Waals surface area contributed by atoms with Crippen molar-refractivity contribution in [2.45, 2.75) is 110 Å². The number of nitrogens with one attached hydrogen (secondary N) is 2. The summed E-state index contributed by atoms with van der Waals surface area (Å²) < 4.78 is 14.2. The average Bonchev–Trinajstić information content (AvgIpc) is 3.82. The molecule has 15 nitrogen and oxygen atoms in total. The van der Waals surface area contributed by atoms with Crippen molar-refractivity contribution < 1.29 is 28.7 Å². The van der Waals surface area contributed by atoms with Crippen LogP contribution in [0.3, 0.4) is 0 Å². The lowest BCUT2D eigenvalue weighted by molar-refractivity contribution is -0.155. The third-order valence-corrected chi connectivity index (χ3v) is 13.3. The minimum Gasteiger partial charge on any atom is -0.464 e. The number of nitrogens with zero attached hydrogens (tertiary/aromatic N) is 6. The third kappa shape index (κ3) is 8.90. The Morgan fingerprint density at radius 1 is 1.16 bits per heavy atom. The summed E-state index contributed by atoms with van der Waals surface area (Å²) in [5.74, 6) is -1.56. The number of carbonyl (C=O) groups is 4. The number of carbonyl (C=O) groups excluding carboxylic acids is 4. The summed E-state index contributed by atoms with van der Waals surface area (Å²) in [5, 5.41) is 8.16. The van der Waals surface area contributed by atoms with Gasteiger partial charge in [0.25, 0.3) is 5.91 Å². The summed E-state index contributed by atoms with van der Waals surface area (Å²) in [6.07, 6.45) is 4.10. The Morgan fingerprint density at radius 2 is 1.95 bits per heavy atom. The van der Waals surface area contributed by atoms with Gasteiger partial charge in [-0.3, -0.25) is 24.4 Å². The molecule has 61 heavy (non-hydrogen) atoms. The number of thiazole rings is 1. The maximum atomic E-state index is 14.5. The highest BCUT2D eigenvalue weighted by molar-refractivity contribution is 7.10. The van der Waals surface area contributed by atoms with Crippen molar-refractivity contribution in [3.05, 3.63) is 58.2 Å². The van der Waals surface area contributed by atoms with E-state index in [2.05, 4.69) is 60.3 Å². The van der Waals surface area contributed by atoms with Crippen molar-refractivity contribution >= 4 is 46.1 Å². The minimum absolute atomic E-state index is 0.0659. The second-order valence-corrected chi connectivity index (χ2v) is 18.7. The zero-order valence-corrected chi connectivity index (χ0v) is 37.5. The number of esters is 1. The molecule has 2 saturated heterocycles. The van der Waals surface area contributed by atoms with E-state index in [1.54, 1.807) is 25.3 Å². The van der Waals surface area contributed by atoms with Gasteiger partial charge in [-0.1, -0.05) is 33.8 Å². The molecule has 6 bridgehead atoms. The highest BCUT2D eigenvalue weighted by Crippen LogP contribution is 2.42. The van der Waals surface area contributed by atoms with Crippen molar-refractivity contribution in [3.8, 4) is 22.5 Å². The number of fused-ring (bicyclic) bond motifs is 6. The van der Waals surface area contributed by atoms with Crippen molar-refractivity contribution in [2.75, 3.05) is 40.4 Å². The molecule has 5 atom stereocenters. The van der Waals surface area contributed by atoms with Gasteiger partial charge in [-0.15, -0.1) is 11.3 Å². The summed E-state index contributed by atoms with van der Waals surface area (Å²) in [5.41, 5.74) is 15.3. The molecule has 0 unspecified atom stereocenters. The standard InChI is InChI=1S/C45H61N9O6S/c1-9-52-36-15-14-28-20-31(36)32(40(52)30-12-10-17-47-38(30)27(4)59-8)22-45(5,6)25-60-43(57)33-13-11-18-54(50-33)42(56)34(21-37-48-35(28)24-61-37)49-41(55)39(26(2)3)51(7)44(58)53-19-16-29(53)23-46/h10,12,14-15,17,20,24,26-27,29,33-34,39,50H,9,11,13,16,18-19,21-23,25,46H2,1-8H3,(H,49,55)/t27-,29+,33-,34-,39-/m0/s1. The fraction of sp³-hybridized carbons (Fsp3) is 0.556. The molecule has 2 fully saturated rings. The Balaban J connectivity index is 1.30. The number of aromatic nitrogens is 3. The lowest BCUT2D eigenvalue weighted by Gasteiger charge is -2.44. The fourth-order valence-electron chi connectivity index (χ4n) is 9.01. The van der Waals surface area contributed by atoms with Crippen LogP contribution in [0.15, 0.2) is 41.9 Å². The number of aryl methyl sites for hydroxylation is 1. The second kappa shape index (κ2) is 18.2. The zero-order valence-electron chi connectivity index (χ0n) is 36.7. The Bertz CT molecular complexity index is 2270. The number of hydrogen-bond acceptors (Lipinski definition) is 11. The quantitative estimate of drug-likeness (QED) is 0.187. The molecule has 0 aliphatic carbocycles. The summed E-state index contributed by atoms with van der Waals surface area (Å²) in [7, 11) is 3.31. The minimum atomic E-state index is -1.05. The molecule has 328 valence electrons. The van der Waals surface area contributed by atoms with Crippen LogP contribution in [0.2, 0.25) is 0 Å². The molecule has 3 aliphatic rings. The molecule has 16 heteroatoms. The first kappa shape index (κ1) is 44.2. The summed E-state index contributed by atoms with van der Waals surface area (Å²) >= 11 is 1.42. The maximum absolute atomic E-state index is 14.5. The normalized spacial score (nSPS) is 21.7. The smallest absolute Gasteiger partial charge is 0.324 e. The van der Waals surface area contributed by atoms with Gasteiger partial charge in [0.2, 0.25) is 5.91 Å². The van der Waals surface area contributed by atoms with Crippen LogP contribution in [-0.4, -0.2) is 118 Å². The van der Waals surface area contributed by atoms with Crippen LogP contribution < -0.4 is 16.5 Å². The Kier molecular flexibility index (Phi) is 13.2. The van der Waals surface area contributed by atoms with E-state index < -0.39 is 41.3 Å². The Hall–Kier alpha value is -4.90. The van der Waals surface area contributed by atoms with E-state index in [-0.39, 0.29) is 37.1 Å². The van der Waals surface area contributed by atoms with Gasteiger partial charge in [0.1, 0.15) is 18.1 Å². The van der Waals surface area contributed by atoms with Crippen molar-refractivity contribution in [3.63, 3.8) is 0 Å². The molecule has 3 aromatic heterocycles. The van der Waals surface area contributed by atoms with Gasteiger partial charge in [-0.2, -0.15) is 0 Å². The molecule has 3 aliphatic heterocycles. The molecule has 6 heterocycles. The van der Waals surface area contributed by atoms with Crippen molar-refractivity contribution in [1.29, 1.82) is 0 Å². The SMILES string of the molecule is CCn1c(-c2cccnc2[C@H](C)OC)c2c3cc(ccc31)-c1csc(n1)C[C@H](NC(=O)[C@H](C(C)C)N(C)C(=O)N1CC[C@@H]1CN)C(=O)N1CCC[C@H](N1)C(=O)OCC(C)(C)C2. The van der Waals surface area contributed by atoms with E-state index in [9.17, 15) is 19.2 Å². The number of likely N-dealkylation sites (N-methyl/N-ethyl adjacent to an activating group) is 1. The van der Waals surface area contributed by atoms with Crippen LogP contribution in [-0.2, 0) is 43.2 Å². The number of likely N-dealkylation sites (tertiary alicyclic amines) is 1. The number of benzene rings is 1. The molecule has 0 saturated carbocycles. The number of ether oxygens (including phenoxy) is 2. The molecular formula is C45H61N9O6S. The predicted molar refractivity (Wildman–Crippen MR) is 235 cm³/mol. The maximum Gasteiger partial charge on any atom is 0.324 e. The monoisotopic (exact) mass is 855 g/mol. The van der Waals surface area contributed by atoms with Crippen LogP contribution in [0.1, 0.15) is 83.2 Å². The predicted octanol–water partition coefficient (Wildman–Crippen LogP) is 5.31. The zero-order chi connectivity index (χ0) is 43.7. The first-order valence-corrected chi connectivity index (χ1v) is 22.4. The molecule has 4 aromatic rings. The van der Waals surface area contributed by atoms with E-state index in [0.717, 1.165) is 51.1 Å². The Morgan fingerprint density at radius 3 is 2.64 bits per heavy atom. The highest BCUT2D eigenvalue weighted by atomic mass is 32.1. The number of urea groups is 1. The second-order valence-electron chi connectivity index (χ2n) is 17.7. The van der Waals surface area contributed by atoms with Crippen LogP contribution in [0.5, 0.6) is 0 Å². The summed E-state index contributed by atoms with van der Waals surface area (Å²) in [4.78, 5) is 69.2. The number of pyridine rings is 1. The van der Waals surface area contributed by atoms with E-state index >= 15 is 0 Å². The van der Waals surface area contributed by atoms with Gasteiger partial charge >= 0.3 is 12.0 Å². The lowest BCUT2D eigenvalue weighted by atomic mass is 9.84. The lowest BCUT2D eigenvalue weighted by Crippen LogP contribution is -2.64. The first-order chi connectivity index (χ1) is 29.2. The van der Waals surface area contributed by atoms with Gasteiger partial charge < -0.3 is 34.9 Å². The number of methoxy groups -OCH3 is 1. The number of nitrogens with two attached hydrogens (primary N) is 1. The van der Waals surface area contributed by atoms with Crippen molar-refractivity contribution in [2.24, 2.45) is 17.1 Å². The summed E-state index contributed by atoms with van der Waals surface area (Å²) in [6.45, 7) is 14.2. The molecule has 0 radical (unpaired) electrons. The molecule has 7 rings (SSSR count). The highest BCUT2D eigenvalue weighted by Gasteiger charge is 2.41. The molecule has 0 spiro atoms. The number of hydrogen-bond donors (Lipinski definition) is 3. The van der Waals surface area contributed by atoms with E-state index in [0.29, 0.717) is 50.4 Å². The van der Waals surface area contributed by atoms with Crippen molar-refractivity contribution in [1.82, 2.24) is 40.1 Å². The first-order valence-electron chi connectivity index (χ1n) is 21.5. The molecular weight excluding hydrogens is 795 g/mol. The van der Waals surface area contributed by atoms with Crippen LogP contribution >= 0.6 is 11.3 Å². The van der Waals surface area contributed by atoms with Crippen LogP contribution in [0, 0.1) is 11.3 Å². The number of rotatable bonds is 9. The van der Waals surface area contributed by atoms with E-state index in [1.807, 2.05) is 32.2 Å². The third-order valence-electron chi connectivity index (χ3n) is 12.4. The largest absolute Gasteiger partial charge is 0.464 e. The number of cyclic esters (lactones) is 1. The number of hydrazine groups is 1. The van der Waals surface area contributed by atoms with Crippen LogP contribution in [0.25, 0.3) is 33.4 Å². The van der Waals surface area contributed by atoms with Gasteiger partial charge in [-0.05, 0) is 75.3 Å². The topological polar surface area (TPSA) is 177 Å². The van der Waals surface area contributed by atoms with Gasteiger partial charge in [-0.25, -0.2) is 15.2 Å². The van der Waals surface area contributed by atoms with E-state index in [1.165, 1.54) is 21.2 Å². The molecule has 4 amide bonds. The van der Waals surface area contributed by atoms with E-state index in [4.69, 9.17) is 25.2 Å². The summed E-state index contributed by atoms with van der Waals surface area (Å²) in [6, 6.07) is 7.43. The van der Waals surface area contributed by atoms with Gasteiger partial charge in [0.05, 0.1) is 34.8 Å².